The number of allylic oxidation sites excluding steroid dienone is 1. The Morgan fingerprint density at radius 1 is 1.41 bits per heavy atom. The predicted molar refractivity (Wildman–Crippen MR) is 63.4 cm³/mol. The summed E-state index contributed by atoms with van der Waals surface area (Å²) in [5.74, 6) is -2.36. The van der Waals surface area contributed by atoms with Gasteiger partial charge in [0, 0.05) is 0 Å². The van der Waals surface area contributed by atoms with Crippen LogP contribution in [0.15, 0.2) is 12.2 Å². The number of carbonyl (C=O) groups excluding carboxylic acids is 1. The number of aliphatic carboxylic acids is 1. The molecule has 1 N–H and O–H groups in total. The Bertz CT molecular complexity index is 338. The zero-order chi connectivity index (χ0) is 13.2. The van der Waals surface area contributed by atoms with E-state index in [9.17, 15) is 9.59 Å². The van der Waals surface area contributed by atoms with Crippen molar-refractivity contribution >= 4 is 11.9 Å². The van der Waals surface area contributed by atoms with E-state index in [1.54, 1.807) is 33.8 Å². The summed E-state index contributed by atoms with van der Waals surface area (Å²) in [5.41, 5.74) is -0.537. The number of rotatable bonds is 3. The van der Waals surface area contributed by atoms with Gasteiger partial charge in [0.1, 0.15) is 5.60 Å². The van der Waals surface area contributed by atoms with Crippen LogP contribution in [0.25, 0.3) is 0 Å². The highest BCUT2D eigenvalue weighted by Gasteiger charge is 2.38. The number of carboxylic acids is 1. The van der Waals surface area contributed by atoms with Crippen LogP contribution in [-0.4, -0.2) is 22.6 Å². The number of hydrogen-bond donors (Lipinski definition) is 1. The Morgan fingerprint density at radius 2 is 2.00 bits per heavy atom. The van der Waals surface area contributed by atoms with E-state index in [-0.39, 0.29) is 11.9 Å². The molecule has 0 aliphatic heterocycles. The Kier molecular flexibility index (Phi) is 3.96. The molecule has 0 aromatic heterocycles. The highest BCUT2D eigenvalue weighted by Crippen LogP contribution is 2.33. The highest BCUT2D eigenvalue weighted by atomic mass is 16.6. The third-order valence-electron chi connectivity index (χ3n) is 2.92. The first-order valence-corrected chi connectivity index (χ1v) is 5.84. The fourth-order valence-corrected chi connectivity index (χ4v) is 1.99. The number of carbonyl (C=O) groups is 2. The zero-order valence-corrected chi connectivity index (χ0v) is 10.8. The molecule has 0 fully saturated rings. The first-order valence-electron chi connectivity index (χ1n) is 5.84. The molecule has 0 saturated carbocycles. The smallest absolute Gasteiger partial charge is 0.313 e. The van der Waals surface area contributed by atoms with Crippen LogP contribution >= 0.6 is 0 Å². The van der Waals surface area contributed by atoms with Crippen molar-refractivity contribution in [2.45, 2.75) is 39.7 Å². The van der Waals surface area contributed by atoms with Crippen molar-refractivity contribution in [2.24, 2.45) is 17.8 Å². The molecule has 3 atom stereocenters. The van der Waals surface area contributed by atoms with E-state index >= 15 is 0 Å². The van der Waals surface area contributed by atoms with Gasteiger partial charge >= 0.3 is 11.9 Å². The van der Waals surface area contributed by atoms with Crippen LogP contribution in [-0.2, 0) is 14.3 Å². The van der Waals surface area contributed by atoms with Crippen molar-refractivity contribution in [3.05, 3.63) is 12.2 Å². The molecular weight excluding hydrogens is 220 g/mol. The van der Waals surface area contributed by atoms with Gasteiger partial charge in [-0.3, -0.25) is 9.59 Å². The Labute approximate surface area is 102 Å². The Balaban J connectivity index is 2.72. The molecule has 3 unspecified atom stereocenters. The van der Waals surface area contributed by atoms with E-state index in [0.717, 1.165) is 0 Å². The second-order valence-electron chi connectivity index (χ2n) is 5.51. The summed E-state index contributed by atoms with van der Waals surface area (Å²) in [4.78, 5) is 22.9. The van der Waals surface area contributed by atoms with Gasteiger partial charge in [0.2, 0.25) is 0 Å². The molecular formula is C13H20O4. The second kappa shape index (κ2) is 4.90. The number of ether oxygens (including phenoxy) is 1. The summed E-state index contributed by atoms with van der Waals surface area (Å²) in [6.07, 6.45) is 4.24. The van der Waals surface area contributed by atoms with E-state index in [0.29, 0.717) is 6.42 Å². The van der Waals surface area contributed by atoms with Crippen molar-refractivity contribution in [3.63, 3.8) is 0 Å². The van der Waals surface area contributed by atoms with Crippen LogP contribution < -0.4 is 0 Å². The van der Waals surface area contributed by atoms with E-state index in [2.05, 4.69) is 0 Å². The Hall–Kier alpha value is -1.32. The van der Waals surface area contributed by atoms with Crippen molar-refractivity contribution in [1.82, 2.24) is 0 Å². The minimum absolute atomic E-state index is 0.192. The summed E-state index contributed by atoms with van der Waals surface area (Å²) in [6, 6.07) is 0. The monoisotopic (exact) mass is 240 g/mol. The van der Waals surface area contributed by atoms with E-state index < -0.39 is 23.4 Å². The molecule has 4 nitrogen and oxygen atoms in total. The average molecular weight is 240 g/mol. The first kappa shape index (κ1) is 13.7. The molecule has 0 amide bonds. The molecule has 0 bridgehead atoms. The van der Waals surface area contributed by atoms with E-state index in [4.69, 9.17) is 9.84 Å². The summed E-state index contributed by atoms with van der Waals surface area (Å²) in [7, 11) is 0. The third-order valence-corrected chi connectivity index (χ3v) is 2.92. The van der Waals surface area contributed by atoms with Crippen molar-refractivity contribution in [1.29, 1.82) is 0 Å². The maximum atomic E-state index is 11.9. The number of esters is 1. The van der Waals surface area contributed by atoms with Gasteiger partial charge in [-0.2, -0.15) is 0 Å². The largest absolute Gasteiger partial charge is 0.481 e. The lowest BCUT2D eigenvalue weighted by molar-refractivity contribution is -0.161. The van der Waals surface area contributed by atoms with Crippen LogP contribution in [0.5, 0.6) is 0 Å². The number of carboxylic acid groups (broad SMARTS) is 1. The maximum absolute atomic E-state index is 11.9. The molecule has 4 heteroatoms. The lowest BCUT2D eigenvalue weighted by atomic mass is 9.84. The fourth-order valence-electron chi connectivity index (χ4n) is 1.99. The standard InChI is InChI=1S/C13H20O4/c1-8(11(14)15)9-6-5-7-10(9)12(16)17-13(2,3)4/h5,7-10H,6H2,1-4H3,(H,14,15). The molecule has 0 aromatic carbocycles. The van der Waals surface area contributed by atoms with E-state index in [1.165, 1.54) is 0 Å². The molecule has 1 aliphatic carbocycles. The lowest BCUT2D eigenvalue weighted by Crippen LogP contribution is -2.34. The molecule has 96 valence electrons. The zero-order valence-electron chi connectivity index (χ0n) is 10.8. The summed E-state index contributed by atoms with van der Waals surface area (Å²) >= 11 is 0. The van der Waals surface area contributed by atoms with E-state index in [1.807, 2.05) is 6.08 Å². The third kappa shape index (κ3) is 3.58. The SMILES string of the molecule is CC(C(=O)O)C1CC=CC1C(=O)OC(C)(C)C. The van der Waals surface area contributed by atoms with Crippen molar-refractivity contribution < 1.29 is 19.4 Å². The van der Waals surface area contributed by atoms with Gasteiger partial charge in [-0.05, 0) is 33.1 Å². The minimum Gasteiger partial charge on any atom is -0.481 e. The molecule has 0 spiro atoms. The normalized spacial score (nSPS) is 25.6. The van der Waals surface area contributed by atoms with Gasteiger partial charge in [-0.25, -0.2) is 0 Å². The molecule has 0 radical (unpaired) electrons. The van der Waals surface area contributed by atoms with Crippen LogP contribution in [0, 0.1) is 17.8 Å². The first-order chi connectivity index (χ1) is 7.72. The summed E-state index contributed by atoms with van der Waals surface area (Å²) in [6.45, 7) is 7.05. The average Bonchev–Trinajstić information content (AvgIpc) is 2.61. The quantitative estimate of drug-likeness (QED) is 0.607. The van der Waals surface area contributed by atoms with Gasteiger partial charge in [0.05, 0.1) is 11.8 Å². The topological polar surface area (TPSA) is 63.6 Å². The minimum atomic E-state index is -0.868. The van der Waals surface area contributed by atoms with Crippen LogP contribution in [0.4, 0.5) is 0 Å². The van der Waals surface area contributed by atoms with Gasteiger partial charge in [0.25, 0.3) is 0 Å². The fraction of sp³-hybridized carbons (Fsp3) is 0.692. The maximum Gasteiger partial charge on any atom is 0.313 e. The van der Waals surface area contributed by atoms with Crippen LogP contribution in [0.2, 0.25) is 0 Å². The highest BCUT2D eigenvalue weighted by molar-refractivity contribution is 5.78. The molecule has 0 aromatic rings. The Morgan fingerprint density at radius 3 is 2.47 bits per heavy atom. The van der Waals surface area contributed by atoms with Gasteiger partial charge < -0.3 is 9.84 Å². The van der Waals surface area contributed by atoms with Gasteiger partial charge in [-0.1, -0.05) is 19.1 Å². The second-order valence-corrected chi connectivity index (χ2v) is 5.51. The number of hydrogen-bond acceptors (Lipinski definition) is 3. The summed E-state index contributed by atoms with van der Waals surface area (Å²) < 4.78 is 5.30. The molecule has 1 rings (SSSR count). The predicted octanol–water partition coefficient (Wildman–Crippen LogP) is 2.24. The van der Waals surface area contributed by atoms with Gasteiger partial charge in [-0.15, -0.1) is 0 Å². The molecule has 0 heterocycles. The molecule has 0 saturated heterocycles. The van der Waals surface area contributed by atoms with Crippen molar-refractivity contribution in [3.8, 4) is 0 Å². The van der Waals surface area contributed by atoms with Crippen LogP contribution in [0.3, 0.4) is 0 Å². The molecule has 17 heavy (non-hydrogen) atoms. The van der Waals surface area contributed by atoms with Crippen molar-refractivity contribution in [2.75, 3.05) is 0 Å². The van der Waals surface area contributed by atoms with Gasteiger partial charge in [0.15, 0.2) is 0 Å². The summed E-state index contributed by atoms with van der Waals surface area (Å²) in [5, 5.41) is 8.99. The molecule has 1 aliphatic rings. The van der Waals surface area contributed by atoms with Crippen LogP contribution in [0.1, 0.15) is 34.1 Å². The lowest BCUT2D eigenvalue weighted by Gasteiger charge is -2.26.